The van der Waals surface area contributed by atoms with Crippen molar-refractivity contribution in [2.24, 2.45) is 5.14 Å². The first-order chi connectivity index (χ1) is 10.4. The molecule has 9 heteroatoms. The molecule has 0 saturated carbocycles. The zero-order valence-corrected chi connectivity index (χ0v) is 15.0. The van der Waals surface area contributed by atoms with Crippen molar-refractivity contribution in [3.63, 3.8) is 0 Å². The Morgan fingerprint density at radius 1 is 1.35 bits per heavy atom. The highest BCUT2D eigenvalue weighted by atomic mass is 32.2. The van der Waals surface area contributed by atoms with Crippen molar-refractivity contribution in [1.29, 1.82) is 0 Å². The van der Waals surface area contributed by atoms with Gasteiger partial charge in [0.15, 0.2) is 5.03 Å². The smallest absolute Gasteiger partial charge is 0.410 e. The topological polar surface area (TPSA) is 108 Å². The number of amides is 1. The highest BCUT2D eigenvalue weighted by molar-refractivity contribution is 7.89. The second-order valence-corrected chi connectivity index (χ2v) is 8.44. The van der Waals surface area contributed by atoms with E-state index in [2.05, 4.69) is 5.10 Å². The summed E-state index contributed by atoms with van der Waals surface area (Å²) in [6.07, 6.45) is -0.00240. The molecule has 0 spiro atoms. The third-order valence-electron chi connectivity index (χ3n) is 3.42. The molecule has 1 aromatic heterocycles. The number of hydrogen-bond donors (Lipinski definition) is 1. The van der Waals surface area contributed by atoms with Gasteiger partial charge in [-0.05, 0) is 34.6 Å². The predicted molar refractivity (Wildman–Crippen MR) is 84.3 cm³/mol. The van der Waals surface area contributed by atoms with E-state index < -0.39 is 21.7 Å². The molecular formula is C14H24N4O4S. The molecule has 0 unspecified atom stereocenters. The lowest BCUT2D eigenvalue weighted by Gasteiger charge is -2.29. The molecule has 0 aromatic carbocycles. The summed E-state index contributed by atoms with van der Waals surface area (Å²) in [6, 6.07) is -0.149. The molecule has 0 atom stereocenters. The lowest BCUT2D eigenvalue weighted by atomic mass is 10.1. The van der Waals surface area contributed by atoms with E-state index in [0.717, 1.165) is 0 Å². The second kappa shape index (κ2) is 5.79. The summed E-state index contributed by atoms with van der Waals surface area (Å²) in [5, 5.41) is 9.71. The fourth-order valence-electron chi connectivity index (χ4n) is 2.50. The van der Waals surface area contributed by atoms with E-state index in [0.29, 0.717) is 24.2 Å². The molecule has 2 rings (SSSR count). The maximum absolute atomic E-state index is 12.2. The van der Waals surface area contributed by atoms with Gasteiger partial charge in [-0.3, -0.25) is 0 Å². The molecule has 0 saturated heterocycles. The molecule has 0 aliphatic carbocycles. The van der Waals surface area contributed by atoms with Crippen LogP contribution in [0.4, 0.5) is 4.79 Å². The molecule has 1 aliphatic heterocycles. The highest BCUT2D eigenvalue weighted by Crippen LogP contribution is 2.28. The average molecular weight is 344 g/mol. The van der Waals surface area contributed by atoms with Gasteiger partial charge in [-0.15, -0.1) is 0 Å². The minimum Gasteiger partial charge on any atom is -0.444 e. The normalized spacial score (nSPS) is 15.7. The molecule has 130 valence electrons. The molecule has 2 N–H and O–H groups in total. The number of carbonyl (C=O) groups excluding carboxylic acids is 1. The molecule has 0 bridgehead atoms. The van der Waals surface area contributed by atoms with Gasteiger partial charge in [-0.2, -0.15) is 5.10 Å². The van der Waals surface area contributed by atoms with Crippen molar-refractivity contribution < 1.29 is 17.9 Å². The number of sulfonamides is 1. The maximum Gasteiger partial charge on any atom is 0.410 e. The number of aromatic nitrogens is 2. The number of nitrogens with zero attached hydrogens (tertiary/aromatic N) is 3. The molecule has 23 heavy (non-hydrogen) atoms. The maximum atomic E-state index is 12.2. The van der Waals surface area contributed by atoms with Crippen molar-refractivity contribution in [2.45, 2.75) is 64.3 Å². The SMILES string of the molecule is CC(C)n1nc2c(c1S(N)(=O)=O)CN(C(=O)OC(C)(C)C)CC2. The van der Waals surface area contributed by atoms with Gasteiger partial charge in [-0.25, -0.2) is 23.0 Å². The Bertz CT molecular complexity index is 716. The van der Waals surface area contributed by atoms with Crippen LogP contribution in [0.1, 0.15) is 51.9 Å². The first kappa shape index (κ1) is 17.7. The summed E-state index contributed by atoms with van der Waals surface area (Å²) < 4.78 is 30.7. The Morgan fingerprint density at radius 3 is 2.43 bits per heavy atom. The van der Waals surface area contributed by atoms with E-state index in [9.17, 15) is 13.2 Å². The first-order valence-electron chi connectivity index (χ1n) is 7.51. The van der Waals surface area contributed by atoms with Crippen LogP contribution >= 0.6 is 0 Å². The number of nitrogens with two attached hydrogens (primary N) is 1. The Kier molecular flexibility index (Phi) is 4.46. The van der Waals surface area contributed by atoms with E-state index in [1.165, 1.54) is 9.58 Å². The molecule has 1 aliphatic rings. The van der Waals surface area contributed by atoms with Gasteiger partial charge in [0.2, 0.25) is 0 Å². The fourth-order valence-corrected chi connectivity index (χ4v) is 3.54. The van der Waals surface area contributed by atoms with Gasteiger partial charge in [0.05, 0.1) is 12.2 Å². The predicted octanol–water partition coefficient (Wildman–Crippen LogP) is 1.40. The van der Waals surface area contributed by atoms with Crippen LogP contribution < -0.4 is 5.14 Å². The van der Waals surface area contributed by atoms with Gasteiger partial charge in [0.25, 0.3) is 10.0 Å². The summed E-state index contributed by atoms with van der Waals surface area (Å²) >= 11 is 0. The third kappa shape index (κ3) is 3.84. The van der Waals surface area contributed by atoms with Gasteiger partial charge >= 0.3 is 6.09 Å². The van der Waals surface area contributed by atoms with Crippen molar-refractivity contribution in [3.05, 3.63) is 11.3 Å². The van der Waals surface area contributed by atoms with Crippen molar-refractivity contribution >= 4 is 16.1 Å². The van der Waals surface area contributed by atoms with E-state index in [4.69, 9.17) is 9.88 Å². The van der Waals surface area contributed by atoms with Crippen LogP contribution in [0, 0.1) is 0 Å². The van der Waals surface area contributed by atoms with Crippen molar-refractivity contribution in [2.75, 3.05) is 6.54 Å². The Hall–Kier alpha value is -1.61. The molecular weight excluding hydrogens is 320 g/mol. The zero-order valence-electron chi connectivity index (χ0n) is 14.2. The van der Waals surface area contributed by atoms with Gasteiger partial charge in [-0.1, -0.05) is 0 Å². The lowest BCUT2D eigenvalue weighted by Crippen LogP contribution is -2.40. The number of fused-ring (bicyclic) bond motifs is 1. The number of rotatable bonds is 2. The largest absolute Gasteiger partial charge is 0.444 e. The van der Waals surface area contributed by atoms with Crippen molar-refractivity contribution in [1.82, 2.24) is 14.7 Å². The van der Waals surface area contributed by atoms with E-state index in [-0.39, 0.29) is 17.6 Å². The summed E-state index contributed by atoms with van der Waals surface area (Å²) in [6.45, 7) is 9.58. The molecule has 0 fully saturated rings. The average Bonchev–Trinajstić information content (AvgIpc) is 2.74. The quantitative estimate of drug-likeness (QED) is 0.872. The van der Waals surface area contributed by atoms with Gasteiger partial charge < -0.3 is 9.64 Å². The molecule has 8 nitrogen and oxygen atoms in total. The van der Waals surface area contributed by atoms with Crippen LogP contribution in [0.5, 0.6) is 0 Å². The zero-order chi connectivity index (χ0) is 17.6. The monoisotopic (exact) mass is 344 g/mol. The van der Waals surface area contributed by atoms with Crippen LogP contribution in [-0.2, 0) is 27.7 Å². The number of ether oxygens (including phenoxy) is 1. The van der Waals surface area contributed by atoms with Crippen LogP contribution in [-0.4, -0.2) is 41.3 Å². The number of carbonyl (C=O) groups is 1. The number of hydrogen-bond acceptors (Lipinski definition) is 5. The van der Waals surface area contributed by atoms with Gasteiger partial charge in [0.1, 0.15) is 5.60 Å². The highest BCUT2D eigenvalue weighted by Gasteiger charge is 2.33. The van der Waals surface area contributed by atoms with Gasteiger partial charge in [0, 0.05) is 24.6 Å². The van der Waals surface area contributed by atoms with Crippen LogP contribution in [0.25, 0.3) is 0 Å². The van der Waals surface area contributed by atoms with E-state index in [1.807, 2.05) is 13.8 Å². The molecule has 1 aromatic rings. The lowest BCUT2D eigenvalue weighted by molar-refractivity contribution is 0.0221. The fraction of sp³-hybridized carbons (Fsp3) is 0.714. The molecule has 1 amide bonds. The Balaban J connectivity index is 2.38. The summed E-state index contributed by atoms with van der Waals surface area (Å²) in [5.74, 6) is 0. The Labute approximate surface area is 136 Å². The number of primary sulfonamides is 1. The van der Waals surface area contributed by atoms with E-state index in [1.54, 1.807) is 20.8 Å². The first-order valence-corrected chi connectivity index (χ1v) is 9.06. The van der Waals surface area contributed by atoms with E-state index >= 15 is 0 Å². The van der Waals surface area contributed by atoms with Crippen LogP contribution in [0.3, 0.4) is 0 Å². The summed E-state index contributed by atoms with van der Waals surface area (Å²) in [4.78, 5) is 13.7. The van der Waals surface area contributed by atoms with Crippen molar-refractivity contribution in [3.8, 4) is 0 Å². The van der Waals surface area contributed by atoms with Crippen LogP contribution in [0.15, 0.2) is 5.03 Å². The molecule has 0 radical (unpaired) electrons. The Morgan fingerprint density at radius 2 is 1.96 bits per heavy atom. The van der Waals surface area contributed by atoms with Crippen LogP contribution in [0.2, 0.25) is 0 Å². The minimum absolute atomic E-state index is 0.0178. The summed E-state index contributed by atoms with van der Waals surface area (Å²) in [5.41, 5.74) is 0.545. The third-order valence-corrected chi connectivity index (χ3v) is 4.39. The standard InChI is InChI=1S/C14H24N4O4S/c1-9(2)18-12(23(15,20)21)10-8-17(7-6-11(10)16-18)13(19)22-14(3,4)5/h9H,6-8H2,1-5H3,(H2,15,20,21). The summed E-state index contributed by atoms with van der Waals surface area (Å²) in [7, 11) is -3.94. The molecule has 2 heterocycles. The minimum atomic E-state index is -3.94. The second-order valence-electron chi connectivity index (χ2n) is 6.97.